The van der Waals surface area contributed by atoms with E-state index in [0.29, 0.717) is 30.8 Å². The minimum atomic E-state index is -3.39. The lowest BCUT2D eigenvalue weighted by molar-refractivity contribution is 0.0217. The van der Waals surface area contributed by atoms with Crippen LogP contribution < -0.4 is 0 Å². The average molecular weight is 382 g/mol. The van der Waals surface area contributed by atoms with E-state index in [4.69, 9.17) is 4.74 Å². The van der Waals surface area contributed by atoms with Crippen LogP contribution in [0.3, 0.4) is 0 Å². The van der Waals surface area contributed by atoms with Gasteiger partial charge in [0.25, 0.3) is 0 Å². The molecule has 0 radical (unpaired) electrons. The molecule has 1 saturated heterocycles. The molecule has 0 unspecified atom stereocenters. The Kier molecular flexibility index (Phi) is 5.76. The number of nitrogens with zero attached hydrogens (tertiary/aromatic N) is 1. The number of hydrogen-bond donors (Lipinski definition) is 0. The Labute approximate surface area is 157 Å². The molecule has 26 heavy (non-hydrogen) atoms. The first-order valence-electron chi connectivity index (χ1n) is 9.13. The number of ether oxygens (including phenoxy) is 1. The molecule has 1 aromatic carbocycles. The number of carbonyl (C=O) groups is 1. The van der Waals surface area contributed by atoms with Gasteiger partial charge in [0.15, 0.2) is 9.84 Å². The maximum absolute atomic E-state index is 12.9. The Morgan fingerprint density at radius 2 is 1.50 bits per heavy atom. The van der Waals surface area contributed by atoms with Crippen molar-refractivity contribution in [2.75, 3.05) is 13.1 Å². The minimum Gasteiger partial charge on any atom is -0.444 e. The van der Waals surface area contributed by atoms with Crippen LogP contribution in [0.1, 0.15) is 59.9 Å². The fraction of sp³-hybridized carbons (Fsp3) is 0.650. The Hall–Kier alpha value is -1.56. The molecular weight excluding hydrogens is 350 g/mol. The Bertz CT molecular complexity index is 732. The highest BCUT2D eigenvalue weighted by Gasteiger charge is 2.34. The summed E-state index contributed by atoms with van der Waals surface area (Å²) in [4.78, 5) is 14.1. The zero-order valence-electron chi connectivity index (χ0n) is 16.7. The van der Waals surface area contributed by atoms with Crippen LogP contribution >= 0.6 is 0 Å². The van der Waals surface area contributed by atoms with Gasteiger partial charge in [-0.15, -0.1) is 0 Å². The summed E-state index contributed by atoms with van der Waals surface area (Å²) in [7, 11) is -3.39. The molecule has 0 bridgehead atoms. The van der Waals surface area contributed by atoms with Crippen LogP contribution in [0.15, 0.2) is 29.2 Å². The molecule has 5 nitrogen and oxygen atoms in total. The summed E-state index contributed by atoms with van der Waals surface area (Å²) in [5.74, 6) is 0. The molecule has 6 heteroatoms. The van der Waals surface area contributed by atoms with Crippen molar-refractivity contribution in [3.63, 3.8) is 0 Å². The molecule has 0 saturated carbocycles. The summed E-state index contributed by atoms with van der Waals surface area (Å²) < 4.78 is 31.2. The third-order valence-electron chi connectivity index (χ3n) is 4.58. The highest BCUT2D eigenvalue weighted by atomic mass is 32.2. The zero-order chi connectivity index (χ0) is 19.8. The van der Waals surface area contributed by atoms with Gasteiger partial charge in [0, 0.05) is 13.1 Å². The Morgan fingerprint density at radius 3 is 1.92 bits per heavy atom. The summed E-state index contributed by atoms with van der Waals surface area (Å²) >= 11 is 0. The van der Waals surface area contributed by atoms with Crippen molar-refractivity contribution in [1.29, 1.82) is 0 Å². The number of sulfone groups is 1. The first-order valence-corrected chi connectivity index (χ1v) is 10.7. The normalized spacial score (nSPS) is 17.2. The fourth-order valence-corrected chi connectivity index (χ4v) is 4.74. The number of benzene rings is 1. The van der Waals surface area contributed by atoms with Crippen molar-refractivity contribution < 1.29 is 17.9 Å². The van der Waals surface area contributed by atoms with Crippen molar-refractivity contribution >= 4 is 15.9 Å². The van der Waals surface area contributed by atoms with Crippen LogP contribution in [-0.4, -0.2) is 43.4 Å². The maximum Gasteiger partial charge on any atom is 0.410 e. The van der Waals surface area contributed by atoms with Crippen molar-refractivity contribution in [1.82, 2.24) is 4.90 Å². The fourth-order valence-electron chi connectivity index (χ4n) is 3.01. The predicted octanol–water partition coefficient (Wildman–Crippen LogP) is 4.16. The van der Waals surface area contributed by atoms with Gasteiger partial charge in [-0.1, -0.05) is 32.9 Å². The van der Waals surface area contributed by atoms with Crippen LogP contribution in [0.25, 0.3) is 0 Å². The van der Waals surface area contributed by atoms with E-state index >= 15 is 0 Å². The van der Waals surface area contributed by atoms with Crippen molar-refractivity contribution in [3.8, 4) is 0 Å². The summed E-state index contributed by atoms with van der Waals surface area (Å²) in [6.45, 7) is 12.6. The average Bonchev–Trinajstić information content (AvgIpc) is 2.52. The van der Waals surface area contributed by atoms with E-state index < -0.39 is 20.7 Å². The monoisotopic (exact) mass is 381 g/mol. The van der Waals surface area contributed by atoms with E-state index in [1.54, 1.807) is 17.0 Å². The second-order valence-electron chi connectivity index (χ2n) is 8.99. The first-order chi connectivity index (χ1) is 11.8. The number of piperidine rings is 1. The largest absolute Gasteiger partial charge is 0.444 e. The first kappa shape index (κ1) is 20.7. The van der Waals surface area contributed by atoms with Gasteiger partial charge >= 0.3 is 6.09 Å². The van der Waals surface area contributed by atoms with Gasteiger partial charge in [-0.25, -0.2) is 13.2 Å². The molecule has 146 valence electrons. The van der Waals surface area contributed by atoms with Crippen LogP contribution in [0.2, 0.25) is 0 Å². The van der Waals surface area contributed by atoms with Crippen LogP contribution in [-0.2, 0) is 20.0 Å². The van der Waals surface area contributed by atoms with Crippen LogP contribution in [0.5, 0.6) is 0 Å². The molecular formula is C20H31NO4S. The molecule has 0 atom stereocenters. The summed E-state index contributed by atoms with van der Waals surface area (Å²) in [6.07, 6.45) is 0.494. The predicted molar refractivity (Wildman–Crippen MR) is 103 cm³/mol. The van der Waals surface area contributed by atoms with Gasteiger partial charge in [0.2, 0.25) is 0 Å². The maximum atomic E-state index is 12.9. The van der Waals surface area contributed by atoms with E-state index in [-0.39, 0.29) is 11.5 Å². The smallest absolute Gasteiger partial charge is 0.410 e. The van der Waals surface area contributed by atoms with Gasteiger partial charge in [0.1, 0.15) is 5.60 Å². The zero-order valence-corrected chi connectivity index (χ0v) is 17.5. The molecule has 0 spiro atoms. The minimum absolute atomic E-state index is 0.0128. The van der Waals surface area contributed by atoms with E-state index in [0.717, 1.165) is 5.56 Å². The standard InChI is InChI=1S/C20H31NO4S/c1-19(2,3)15-7-9-16(10-8-15)26(23,24)17-11-13-21(14-12-17)18(22)25-20(4,5)6/h7-10,17H,11-14H2,1-6H3. The molecule has 1 aliphatic rings. The third kappa shape index (κ3) is 5.00. The molecule has 0 N–H and O–H groups in total. The Balaban J connectivity index is 2.05. The van der Waals surface area contributed by atoms with Gasteiger partial charge in [0.05, 0.1) is 10.1 Å². The van der Waals surface area contributed by atoms with Crippen molar-refractivity contribution in [3.05, 3.63) is 29.8 Å². The van der Waals surface area contributed by atoms with Crippen molar-refractivity contribution in [2.24, 2.45) is 0 Å². The molecule has 1 heterocycles. The Morgan fingerprint density at radius 1 is 1.00 bits per heavy atom. The van der Waals surface area contributed by atoms with Gasteiger partial charge in [-0.2, -0.15) is 0 Å². The molecule has 1 amide bonds. The molecule has 1 aliphatic heterocycles. The molecule has 0 aliphatic carbocycles. The quantitative estimate of drug-likeness (QED) is 0.772. The second-order valence-corrected chi connectivity index (χ2v) is 11.2. The number of amides is 1. The molecule has 2 rings (SSSR count). The number of rotatable bonds is 2. The lowest BCUT2D eigenvalue weighted by atomic mass is 9.87. The number of carbonyl (C=O) groups excluding carboxylic acids is 1. The van der Waals surface area contributed by atoms with E-state index in [2.05, 4.69) is 20.8 Å². The van der Waals surface area contributed by atoms with Gasteiger partial charge in [-0.05, 0) is 56.7 Å². The lowest BCUT2D eigenvalue weighted by Crippen LogP contribution is -2.44. The molecule has 1 fully saturated rings. The number of hydrogen-bond acceptors (Lipinski definition) is 4. The van der Waals surface area contributed by atoms with E-state index in [1.165, 1.54) is 0 Å². The van der Waals surface area contributed by atoms with Crippen molar-refractivity contribution in [2.45, 2.75) is 75.5 Å². The van der Waals surface area contributed by atoms with Gasteiger partial charge < -0.3 is 9.64 Å². The van der Waals surface area contributed by atoms with Crippen LogP contribution in [0.4, 0.5) is 4.79 Å². The second kappa shape index (κ2) is 7.22. The lowest BCUT2D eigenvalue weighted by Gasteiger charge is -2.33. The summed E-state index contributed by atoms with van der Waals surface area (Å²) in [5, 5.41) is -0.457. The topological polar surface area (TPSA) is 63.7 Å². The van der Waals surface area contributed by atoms with Crippen LogP contribution in [0, 0.1) is 0 Å². The van der Waals surface area contributed by atoms with E-state index in [1.807, 2.05) is 32.9 Å². The molecule has 1 aromatic rings. The van der Waals surface area contributed by atoms with E-state index in [9.17, 15) is 13.2 Å². The highest BCUT2D eigenvalue weighted by Crippen LogP contribution is 2.28. The SMILES string of the molecule is CC(C)(C)OC(=O)N1CCC(S(=O)(=O)c2ccc(C(C)(C)C)cc2)CC1. The number of likely N-dealkylation sites (tertiary alicyclic amines) is 1. The summed E-state index contributed by atoms with van der Waals surface area (Å²) in [6, 6.07) is 7.19. The third-order valence-corrected chi connectivity index (χ3v) is 6.86. The highest BCUT2D eigenvalue weighted by molar-refractivity contribution is 7.92. The summed E-state index contributed by atoms with van der Waals surface area (Å²) in [5.41, 5.74) is 0.548. The molecule has 0 aromatic heterocycles. The van der Waals surface area contributed by atoms with Gasteiger partial charge in [-0.3, -0.25) is 0 Å².